The van der Waals surface area contributed by atoms with Gasteiger partial charge in [-0.3, -0.25) is 4.79 Å². The smallest absolute Gasteiger partial charge is 0.251 e. The SMILES string of the molecule is O=C1NCCCc2cc(-c3cccs3)ccc21. The second-order valence-electron chi connectivity index (χ2n) is 4.21. The highest BCUT2D eigenvalue weighted by Crippen LogP contribution is 2.27. The van der Waals surface area contributed by atoms with Crippen LogP contribution in [0.25, 0.3) is 10.4 Å². The first-order chi connectivity index (χ1) is 8.34. The lowest BCUT2D eigenvalue weighted by atomic mass is 10.00. The van der Waals surface area contributed by atoms with E-state index in [2.05, 4.69) is 28.9 Å². The molecule has 0 saturated carbocycles. The average Bonchev–Trinajstić information content (AvgIpc) is 2.82. The van der Waals surface area contributed by atoms with Crippen LogP contribution in [0.1, 0.15) is 22.3 Å². The maximum absolute atomic E-state index is 11.8. The van der Waals surface area contributed by atoms with Crippen molar-refractivity contribution in [2.24, 2.45) is 0 Å². The number of thiophene rings is 1. The number of aryl methyl sites for hydroxylation is 1. The second-order valence-corrected chi connectivity index (χ2v) is 5.16. The fraction of sp³-hybridized carbons (Fsp3) is 0.214. The van der Waals surface area contributed by atoms with E-state index in [0.717, 1.165) is 24.9 Å². The Morgan fingerprint density at radius 2 is 2.18 bits per heavy atom. The van der Waals surface area contributed by atoms with Gasteiger partial charge in [0.1, 0.15) is 0 Å². The monoisotopic (exact) mass is 243 g/mol. The van der Waals surface area contributed by atoms with Crippen LogP contribution < -0.4 is 5.32 Å². The molecule has 2 nitrogen and oxygen atoms in total. The standard InChI is InChI=1S/C14H13NOS/c16-14-12-6-5-11(13-4-2-8-17-13)9-10(12)3-1-7-15-14/h2,4-6,8-9H,1,3,7H2,(H,15,16). The maximum atomic E-state index is 11.8. The highest BCUT2D eigenvalue weighted by atomic mass is 32.1. The number of carbonyl (C=O) groups excluding carboxylic acids is 1. The lowest BCUT2D eigenvalue weighted by Gasteiger charge is -2.06. The van der Waals surface area contributed by atoms with Crippen molar-refractivity contribution in [1.82, 2.24) is 5.32 Å². The number of amides is 1. The Balaban J connectivity index is 2.06. The van der Waals surface area contributed by atoms with E-state index in [9.17, 15) is 4.79 Å². The van der Waals surface area contributed by atoms with Crippen molar-refractivity contribution >= 4 is 17.2 Å². The maximum Gasteiger partial charge on any atom is 0.251 e. The number of fused-ring (bicyclic) bond motifs is 1. The van der Waals surface area contributed by atoms with Gasteiger partial charge in [-0.05, 0) is 47.5 Å². The minimum absolute atomic E-state index is 0.0650. The van der Waals surface area contributed by atoms with Crippen molar-refractivity contribution in [1.29, 1.82) is 0 Å². The summed E-state index contributed by atoms with van der Waals surface area (Å²) in [5, 5.41) is 5.00. The zero-order chi connectivity index (χ0) is 11.7. The molecule has 3 rings (SSSR count). The summed E-state index contributed by atoms with van der Waals surface area (Å²) in [6, 6.07) is 10.3. The lowest BCUT2D eigenvalue weighted by molar-refractivity contribution is 0.0956. The molecule has 0 atom stereocenters. The molecule has 1 aromatic heterocycles. The van der Waals surface area contributed by atoms with Gasteiger partial charge >= 0.3 is 0 Å². The molecule has 2 aromatic rings. The van der Waals surface area contributed by atoms with Gasteiger partial charge in [0, 0.05) is 17.0 Å². The summed E-state index contributed by atoms with van der Waals surface area (Å²) in [6.45, 7) is 0.780. The number of rotatable bonds is 1. The van der Waals surface area contributed by atoms with Crippen LogP contribution in [0.4, 0.5) is 0 Å². The molecule has 1 N–H and O–H groups in total. The Hall–Kier alpha value is -1.61. The van der Waals surface area contributed by atoms with Crippen molar-refractivity contribution in [3.63, 3.8) is 0 Å². The fourth-order valence-corrected chi connectivity index (χ4v) is 2.92. The van der Waals surface area contributed by atoms with Crippen LogP contribution in [-0.4, -0.2) is 12.5 Å². The van der Waals surface area contributed by atoms with Gasteiger partial charge in [-0.1, -0.05) is 12.1 Å². The van der Waals surface area contributed by atoms with E-state index in [1.165, 1.54) is 16.0 Å². The van der Waals surface area contributed by atoms with Crippen LogP contribution in [0.2, 0.25) is 0 Å². The molecule has 1 amide bonds. The van der Waals surface area contributed by atoms with Crippen LogP contribution >= 0.6 is 11.3 Å². The molecule has 1 aliphatic rings. The summed E-state index contributed by atoms with van der Waals surface area (Å²) >= 11 is 1.73. The third-order valence-electron chi connectivity index (χ3n) is 3.06. The summed E-state index contributed by atoms with van der Waals surface area (Å²) in [5.41, 5.74) is 3.22. The third kappa shape index (κ3) is 1.98. The molecule has 2 heterocycles. The Kier molecular flexibility index (Phi) is 2.69. The zero-order valence-corrected chi connectivity index (χ0v) is 10.2. The lowest BCUT2D eigenvalue weighted by Crippen LogP contribution is -2.22. The first-order valence-electron chi connectivity index (χ1n) is 5.79. The highest BCUT2D eigenvalue weighted by molar-refractivity contribution is 7.13. The summed E-state index contributed by atoms with van der Waals surface area (Å²) in [4.78, 5) is 13.1. The Morgan fingerprint density at radius 1 is 1.24 bits per heavy atom. The van der Waals surface area contributed by atoms with Crippen molar-refractivity contribution in [2.75, 3.05) is 6.54 Å². The Morgan fingerprint density at radius 3 is 3.00 bits per heavy atom. The first-order valence-corrected chi connectivity index (χ1v) is 6.67. The van der Waals surface area contributed by atoms with Gasteiger partial charge in [-0.2, -0.15) is 0 Å². The van der Waals surface area contributed by atoms with E-state index in [-0.39, 0.29) is 5.91 Å². The van der Waals surface area contributed by atoms with E-state index in [0.29, 0.717) is 0 Å². The molecule has 17 heavy (non-hydrogen) atoms. The molecule has 0 bridgehead atoms. The van der Waals surface area contributed by atoms with E-state index < -0.39 is 0 Å². The summed E-state index contributed by atoms with van der Waals surface area (Å²) in [7, 11) is 0. The quantitative estimate of drug-likeness (QED) is 0.819. The van der Waals surface area contributed by atoms with Gasteiger partial charge in [0.25, 0.3) is 5.91 Å². The van der Waals surface area contributed by atoms with Gasteiger partial charge in [-0.25, -0.2) is 0 Å². The highest BCUT2D eigenvalue weighted by Gasteiger charge is 2.15. The molecule has 0 spiro atoms. The Labute approximate surface area is 104 Å². The topological polar surface area (TPSA) is 29.1 Å². The van der Waals surface area contributed by atoms with E-state index in [1.54, 1.807) is 11.3 Å². The van der Waals surface area contributed by atoms with Gasteiger partial charge in [0.2, 0.25) is 0 Å². The third-order valence-corrected chi connectivity index (χ3v) is 3.98. The minimum Gasteiger partial charge on any atom is -0.352 e. The van der Waals surface area contributed by atoms with Crippen LogP contribution in [0.15, 0.2) is 35.7 Å². The number of nitrogens with one attached hydrogen (secondary N) is 1. The van der Waals surface area contributed by atoms with E-state index in [4.69, 9.17) is 0 Å². The molecule has 1 aliphatic heterocycles. The van der Waals surface area contributed by atoms with Crippen molar-refractivity contribution in [2.45, 2.75) is 12.8 Å². The molecular formula is C14H13NOS. The summed E-state index contributed by atoms with van der Waals surface area (Å²) in [5.74, 6) is 0.0650. The number of hydrogen-bond donors (Lipinski definition) is 1. The Bertz CT molecular complexity index is 545. The molecule has 0 fully saturated rings. The minimum atomic E-state index is 0.0650. The molecule has 3 heteroatoms. The van der Waals surface area contributed by atoms with Crippen LogP contribution in [-0.2, 0) is 6.42 Å². The van der Waals surface area contributed by atoms with Crippen LogP contribution in [0, 0.1) is 0 Å². The van der Waals surface area contributed by atoms with E-state index >= 15 is 0 Å². The number of benzene rings is 1. The molecule has 0 unspecified atom stereocenters. The normalized spacial score (nSPS) is 14.9. The second kappa shape index (κ2) is 4.34. The molecule has 0 radical (unpaired) electrons. The van der Waals surface area contributed by atoms with Crippen molar-refractivity contribution < 1.29 is 4.79 Å². The average molecular weight is 243 g/mol. The van der Waals surface area contributed by atoms with Gasteiger partial charge in [0.05, 0.1) is 0 Å². The van der Waals surface area contributed by atoms with Crippen LogP contribution in [0.5, 0.6) is 0 Å². The summed E-state index contributed by atoms with van der Waals surface area (Å²) in [6.07, 6.45) is 2.00. The molecule has 86 valence electrons. The van der Waals surface area contributed by atoms with Gasteiger partial charge in [0.15, 0.2) is 0 Å². The molecule has 0 saturated heterocycles. The first kappa shape index (κ1) is 10.5. The van der Waals surface area contributed by atoms with E-state index in [1.807, 2.05) is 12.1 Å². The summed E-state index contributed by atoms with van der Waals surface area (Å²) < 4.78 is 0. The molecular weight excluding hydrogens is 230 g/mol. The van der Waals surface area contributed by atoms with Gasteiger partial charge in [-0.15, -0.1) is 11.3 Å². The molecule has 0 aliphatic carbocycles. The van der Waals surface area contributed by atoms with Crippen molar-refractivity contribution in [3.05, 3.63) is 46.8 Å². The van der Waals surface area contributed by atoms with Crippen molar-refractivity contribution in [3.8, 4) is 10.4 Å². The number of carbonyl (C=O) groups is 1. The predicted molar refractivity (Wildman–Crippen MR) is 70.4 cm³/mol. The predicted octanol–water partition coefficient (Wildman–Crippen LogP) is 3.09. The van der Waals surface area contributed by atoms with Crippen LogP contribution in [0.3, 0.4) is 0 Å². The largest absolute Gasteiger partial charge is 0.352 e. The number of hydrogen-bond acceptors (Lipinski definition) is 2. The van der Waals surface area contributed by atoms with Gasteiger partial charge < -0.3 is 5.32 Å². The zero-order valence-electron chi connectivity index (χ0n) is 9.40. The fourth-order valence-electron chi connectivity index (χ4n) is 2.19. The molecule has 1 aromatic carbocycles.